The molecule has 5 rings (SSSR count). The molecule has 178 valence electrons. The number of carbonyl (C=O) groups is 2. The number of aryl methyl sites for hydroxylation is 2. The van der Waals surface area contributed by atoms with E-state index in [1.54, 1.807) is 41.0 Å². The van der Waals surface area contributed by atoms with Crippen LogP contribution in [0.4, 0.5) is 5.69 Å². The molecule has 2 aromatic heterocycles. The highest BCUT2D eigenvalue weighted by molar-refractivity contribution is 6.12. The van der Waals surface area contributed by atoms with E-state index >= 15 is 0 Å². The van der Waals surface area contributed by atoms with Crippen molar-refractivity contribution in [2.24, 2.45) is 0 Å². The molecule has 1 aliphatic rings. The number of nitrogens with one attached hydrogen (secondary N) is 1. The quantitative estimate of drug-likeness (QED) is 0.443. The first kappa shape index (κ1) is 22.7. The van der Waals surface area contributed by atoms with Crippen molar-refractivity contribution in [3.8, 4) is 11.5 Å². The molecule has 7 nitrogen and oxygen atoms in total. The number of furan rings is 1. The van der Waals surface area contributed by atoms with Crippen LogP contribution in [0.25, 0.3) is 11.5 Å². The molecule has 1 N–H and O–H groups in total. The fraction of sp³-hybridized carbons (Fsp3) is 0.250. The van der Waals surface area contributed by atoms with Crippen molar-refractivity contribution in [2.45, 2.75) is 45.8 Å². The van der Waals surface area contributed by atoms with Crippen LogP contribution < -0.4 is 10.2 Å². The standard InChI is InChI=1S/C28H28N4O3/c1-4-20-10-12-22(13-11-20)32-26(33)24-16-23(25-9-6-14-35-25)30-31(24)18-28(32,3)27(34)29-17-21-8-5-7-19(2)15-21/h5-16H,4,17-18H2,1-3H3,(H,29,34)/t28-/m1/s1. The first-order chi connectivity index (χ1) is 16.9. The third-order valence-corrected chi connectivity index (χ3v) is 6.55. The predicted octanol–water partition coefficient (Wildman–Crippen LogP) is 4.75. The molecule has 0 saturated carbocycles. The predicted molar refractivity (Wildman–Crippen MR) is 134 cm³/mol. The second kappa shape index (κ2) is 8.91. The zero-order valence-corrected chi connectivity index (χ0v) is 20.1. The second-order valence-corrected chi connectivity index (χ2v) is 9.16. The summed E-state index contributed by atoms with van der Waals surface area (Å²) < 4.78 is 7.10. The van der Waals surface area contributed by atoms with Crippen molar-refractivity contribution < 1.29 is 14.0 Å². The van der Waals surface area contributed by atoms with E-state index in [1.165, 1.54) is 0 Å². The zero-order valence-electron chi connectivity index (χ0n) is 20.1. The van der Waals surface area contributed by atoms with Gasteiger partial charge in [-0.15, -0.1) is 0 Å². The van der Waals surface area contributed by atoms with Gasteiger partial charge in [-0.3, -0.25) is 19.2 Å². The number of benzene rings is 2. The minimum absolute atomic E-state index is 0.212. The Morgan fingerprint density at radius 1 is 1.09 bits per heavy atom. The average Bonchev–Trinajstić information content (AvgIpc) is 3.53. The highest BCUT2D eigenvalue weighted by Gasteiger charge is 2.49. The van der Waals surface area contributed by atoms with Crippen LogP contribution in [0.1, 0.15) is 41.0 Å². The number of aromatic nitrogens is 2. The maximum Gasteiger partial charge on any atom is 0.277 e. The van der Waals surface area contributed by atoms with Crippen molar-refractivity contribution >= 4 is 17.5 Å². The van der Waals surface area contributed by atoms with Crippen molar-refractivity contribution in [3.63, 3.8) is 0 Å². The lowest BCUT2D eigenvalue weighted by Crippen LogP contribution is -2.64. The van der Waals surface area contributed by atoms with E-state index in [0.29, 0.717) is 29.4 Å². The lowest BCUT2D eigenvalue weighted by Gasteiger charge is -2.43. The Bertz CT molecular complexity index is 1370. The Kier molecular flexibility index (Phi) is 5.76. The lowest BCUT2D eigenvalue weighted by atomic mass is 9.93. The van der Waals surface area contributed by atoms with Crippen LogP contribution in [-0.2, 0) is 24.3 Å². The fourth-order valence-corrected chi connectivity index (χ4v) is 4.61. The van der Waals surface area contributed by atoms with E-state index in [4.69, 9.17) is 4.42 Å². The molecular formula is C28H28N4O3. The molecule has 3 heterocycles. The molecule has 0 bridgehead atoms. The number of hydrogen-bond donors (Lipinski definition) is 1. The van der Waals surface area contributed by atoms with Crippen molar-refractivity contribution in [3.05, 3.63) is 95.4 Å². The van der Waals surface area contributed by atoms with E-state index in [2.05, 4.69) is 17.3 Å². The van der Waals surface area contributed by atoms with Gasteiger partial charge in [0.15, 0.2) is 5.76 Å². The van der Waals surface area contributed by atoms with Crippen LogP contribution in [0.2, 0.25) is 0 Å². The van der Waals surface area contributed by atoms with Gasteiger partial charge in [0.1, 0.15) is 16.9 Å². The molecule has 0 radical (unpaired) electrons. The van der Waals surface area contributed by atoms with E-state index in [9.17, 15) is 9.59 Å². The SMILES string of the molecule is CCc1ccc(N2C(=O)c3cc(-c4ccco4)nn3C[C@]2(C)C(=O)NCc2cccc(C)c2)cc1. The number of amides is 2. The van der Waals surface area contributed by atoms with Gasteiger partial charge in [0.25, 0.3) is 5.91 Å². The molecule has 35 heavy (non-hydrogen) atoms. The monoisotopic (exact) mass is 468 g/mol. The largest absolute Gasteiger partial charge is 0.463 e. The molecule has 2 amide bonds. The Balaban J connectivity index is 1.53. The number of hydrogen-bond acceptors (Lipinski definition) is 4. The molecule has 0 aliphatic carbocycles. The van der Waals surface area contributed by atoms with Crippen LogP contribution in [0.3, 0.4) is 0 Å². The van der Waals surface area contributed by atoms with E-state index in [1.807, 2.05) is 55.5 Å². The van der Waals surface area contributed by atoms with E-state index in [-0.39, 0.29) is 18.4 Å². The van der Waals surface area contributed by atoms with Gasteiger partial charge in [-0.05, 0) is 55.7 Å². The van der Waals surface area contributed by atoms with Gasteiger partial charge in [-0.2, -0.15) is 5.10 Å². The zero-order chi connectivity index (χ0) is 24.6. The van der Waals surface area contributed by atoms with Gasteiger partial charge in [0.2, 0.25) is 5.91 Å². The van der Waals surface area contributed by atoms with Gasteiger partial charge < -0.3 is 9.73 Å². The molecule has 7 heteroatoms. The van der Waals surface area contributed by atoms with Crippen molar-refractivity contribution in [1.29, 1.82) is 0 Å². The van der Waals surface area contributed by atoms with Crippen LogP contribution >= 0.6 is 0 Å². The van der Waals surface area contributed by atoms with Gasteiger partial charge in [0, 0.05) is 18.3 Å². The van der Waals surface area contributed by atoms with Crippen LogP contribution in [0.5, 0.6) is 0 Å². The summed E-state index contributed by atoms with van der Waals surface area (Å²) in [7, 11) is 0. The van der Waals surface area contributed by atoms with Gasteiger partial charge >= 0.3 is 0 Å². The Labute approximate surface area is 204 Å². The summed E-state index contributed by atoms with van der Waals surface area (Å²) in [5.41, 5.74) is 3.75. The van der Waals surface area contributed by atoms with E-state index < -0.39 is 5.54 Å². The maximum absolute atomic E-state index is 13.8. The summed E-state index contributed by atoms with van der Waals surface area (Å²) in [5.74, 6) is 0.0517. The van der Waals surface area contributed by atoms with Crippen molar-refractivity contribution in [2.75, 3.05) is 4.90 Å². The van der Waals surface area contributed by atoms with Crippen LogP contribution in [-0.4, -0.2) is 27.1 Å². The van der Waals surface area contributed by atoms with Gasteiger partial charge in [-0.25, -0.2) is 0 Å². The highest BCUT2D eigenvalue weighted by atomic mass is 16.3. The lowest BCUT2D eigenvalue weighted by molar-refractivity contribution is -0.126. The first-order valence-electron chi connectivity index (χ1n) is 11.8. The first-order valence-corrected chi connectivity index (χ1v) is 11.8. The molecule has 0 spiro atoms. The molecule has 1 atom stereocenters. The van der Waals surface area contributed by atoms with Crippen LogP contribution in [0, 0.1) is 6.92 Å². The number of anilines is 1. The average molecular weight is 469 g/mol. The summed E-state index contributed by atoms with van der Waals surface area (Å²) in [5, 5.41) is 7.65. The molecule has 0 saturated heterocycles. The Hall–Kier alpha value is -4.13. The minimum Gasteiger partial charge on any atom is -0.463 e. The molecule has 4 aromatic rings. The molecule has 0 unspecified atom stereocenters. The number of rotatable bonds is 6. The normalized spacial score (nSPS) is 17.3. The summed E-state index contributed by atoms with van der Waals surface area (Å²) in [6, 6.07) is 21.1. The third kappa shape index (κ3) is 4.14. The second-order valence-electron chi connectivity index (χ2n) is 9.16. The summed E-state index contributed by atoms with van der Waals surface area (Å²) in [6.45, 7) is 6.48. The topological polar surface area (TPSA) is 80.4 Å². The number of fused-ring (bicyclic) bond motifs is 1. The summed E-state index contributed by atoms with van der Waals surface area (Å²) in [6.07, 6.45) is 2.46. The molecule has 0 fully saturated rings. The number of carbonyl (C=O) groups excluding carboxylic acids is 2. The Morgan fingerprint density at radius 2 is 1.89 bits per heavy atom. The van der Waals surface area contributed by atoms with Crippen LogP contribution in [0.15, 0.2) is 77.4 Å². The maximum atomic E-state index is 13.8. The summed E-state index contributed by atoms with van der Waals surface area (Å²) in [4.78, 5) is 29.2. The third-order valence-electron chi connectivity index (χ3n) is 6.55. The fourth-order valence-electron chi connectivity index (χ4n) is 4.61. The smallest absolute Gasteiger partial charge is 0.277 e. The summed E-state index contributed by atoms with van der Waals surface area (Å²) >= 11 is 0. The molecule has 2 aromatic carbocycles. The van der Waals surface area contributed by atoms with E-state index in [0.717, 1.165) is 23.1 Å². The highest BCUT2D eigenvalue weighted by Crippen LogP contribution is 2.34. The Morgan fingerprint density at radius 3 is 2.57 bits per heavy atom. The minimum atomic E-state index is -1.19. The molecule has 1 aliphatic heterocycles. The molecular weight excluding hydrogens is 440 g/mol. The van der Waals surface area contributed by atoms with Gasteiger partial charge in [0.05, 0.1) is 12.8 Å². The van der Waals surface area contributed by atoms with Crippen molar-refractivity contribution in [1.82, 2.24) is 15.1 Å². The number of nitrogens with zero attached hydrogens (tertiary/aromatic N) is 3. The van der Waals surface area contributed by atoms with Gasteiger partial charge in [-0.1, -0.05) is 48.9 Å².